The molecule has 6 rings (SSSR count). The van der Waals surface area contributed by atoms with E-state index in [0.29, 0.717) is 5.75 Å². The van der Waals surface area contributed by atoms with Crippen LogP contribution in [-0.2, 0) is 11.3 Å². The van der Waals surface area contributed by atoms with Crippen LogP contribution in [-0.4, -0.2) is 28.3 Å². The van der Waals surface area contributed by atoms with Gasteiger partial charge < -0.3 is 9.30 Å². The van der Waals surface area contributed by atoms with Gasteiger partial charge in [0.1, 0.15) is 11.3 Å². The standard InChI is InChI=1S/C31H24N4O2/c36-30(21-37-29-13-5-9-24-10-6-16-32-31(24)29)34-33-18-26-20-35(28-12-4-3-11-27(26)28)19-22-14-15-23-7-1-2-8-25(23)17-22/h1-18,20H,19,21H2,(H,34,36)/b33-18+. The van der Waals surface area contributed by atoms with Crippen molar-refractivity contribution in [3.05, 3.63) is 121 Å². The monoisotopic (exact) mass is 484 g/mol. The predicted octanol–water partition coefficient (Wildman–Crippen LogP) is 5.92. The molecule has 6 heteroatoms. The van der Waals surface area contributed by atoms with Gasteiger partial charge in [-0.3, -0.25) is 9.78 Å². The maximum absolute atomic E-state index is 12.4. The molecular weight excluding hydrogens is 460 g/mol. The van der Waals surface area contributed by atoms with Gasteiger partial charge in [-0.15, -0.1) is 0 Å². The summed E-state index contributed by atoms with van der Waals surface area (Å²) in [6, 6.07) is 32.6. The summed E-state index contributed by atoms with van der Waals surface area (Å²) >= 11 is 0. The number of fused-ring (bicyclic) bond motifs is 3. The Balaban J connectivity index is 1.16. The molecule has 0 saturated heterocycles. The van der Waals surface area contributed by atoms with E-state index in [2.05, 4.69) is 80.9 Å². The Morgan fingerprint density at radius 2 is 1.70 bits per heavy atom. The van der Waals surface area contributed by atoms with Gasteiger partial charge in [-0.1, -0.05) is 72.8 Å². The number of pyridine rings is 1. The van der Waals surface area contributed by atoms with Crippen LogP contribution in [0, 0.1) is 0 Å². The van der Waals surface area contributed by atoms with E-state index in [1.54, 1.807) is 18.5 Å². The van der Waals surface area contributed by atoms with E-state index in [-0.39, 0.29) is 12.5 Å². The number of aromatic nitrogens is 2. The zero-order chi connectivity index (χ0) is 25.0. The van der Waals surface area contributed by atoms with Crippen LogP contribution in [0.25, 0.3) is 32.6 Å². The molecule has 180 valence electrons. The van der Waals surface area contributed by atoms with Crippen molar-refractivity contribution in [1.29, 1.82) is 0 Å². The van der Waals surface area contributed by atoms with E-state index in [1.807, 2.05) is 36.4 Å². The van der Waals surface area contributed by atoms with Gasteiger partial charge in [0.15, 0.2) is 6.61 Å². The minimum Gasteiger partial charge on any atom is -0.481 e. The van der Waals surface area contributed by atoms with E-state index < -0.39 is 0 Å². The number of ether oxygens (including phenoxy) is 1. The SMILES string of the molecule is O=C(COc1cccc2cccnc12)N/N=C/c1cn(Cc2ccc3ccccc3c2)c2ccccc12. The summed E-state index contributed by atoms with van der Waals surface area (Å²) in [5.74, 6) is 0.220. The van der Waals surface area contributed by atoms with E-state index >= 15 is 0 Å². The fraction of sp³-hybridized carbons (Fsp3) is 0.0645. The predicted molar refractivity (Wildman–Crippen MR) is 148 cm³/mol. The molecule has 4 aromatic carbocycles. The Bertz CT molecular complexity index is 1760. The van der Waals surface area contributed by atoms with Crippen molar-refractivity contribution in [1.82, 2.24) is 15.0 Å². The van der Waals surface area contributed by atoms with Gasteiger partial charge in [0.2, 0.25) is 0 Å². The van der Waals surface area contributed by atoms with Crippen LogP contribution in [0.3, 0.4) is 0 Å². The lowest BCUT2D eigenvalue weighted by atomic mass is 10.1. The van der Waals surface area contributed by atoms with Crippen LogP contribution in [0.1, 0.15) is 11.1 Å². The smallest absolute Gasteiger partial charge is 0.277 e. The summed E-state index contributed by atoms with van der Waals surface area (Å²) in [7, 11) is 0. The lowest BCUT2D eigenvalue weighted by molar-refractivity contribution is -0.123. The zero-order valence-corrected chi connectivity index (χ0v) is 20.0. The first-order valence-corrected chi connectivity index (χ1v) is 12.1. The molecule has 0 aliphatic rings. The van der Waals surface area contributed by atoms with Crippen molar-refractivity contribution in [3.63, 3.8) is 0 Å². The molecule has 0 bridgehead atoms. The molecule has 0 saturated carbocycles. The number of hydrazone groups is 1. The minimum atomic E-state index is -0.343. The highest BCUT2D eigenvalue weighted by atomic mass is 16.5. The molecule has 2 aromatic heterocycles. The number of nitrogens with one attached hydrogen (secondary N) is 1. The molecule has 0 spiro atoms. The van der Waals surface area contributed by atoms with E-state index in [1.165, 1.54) is 16.3 Å². The Hall–Kier alpha value is -4.97. The van der Waals surface area contributed by atoms with Gasteiger partial charge >= 0.3 is 0 Å². The summed E-state index contributed by atoms with van der Waals surface area (Å²) in [6.45, 7) is 0.579. The third-order valence-corrected chi connectivity index (χ3v) is 6.33. The summed E-state index contributed by atoms with van der Waals surface area (Å²) in [4.78, 5) is 16.7. The first kappa shape index (κ1) is 22.5. The van der Waals surface area contributed by atoms with Crippen molar-refractivity contribution in [2.24, 2.45) is 5.10 Å². The van der Waals surface area contributed by atoms with Gasteiger partial charge in [-0.25, -0.2) is 5.43 Å². The van der Waals surface area contributed by atoms with Crippen molar-refractivity contribution in [3.8, 4) is 5.75 Å². The second-order valence-electron chi connectivity index (χ2n) is 8.82. The van der Waals surface area contributed by atoms with E-state index in [4.69, 9.17) is 4.74 Å². The second-order valence-corrected chi connectivity index (χ2v) is 8.82. The fourth-order valence-electron chi connectivity index (χ4n) is 4.58. The number of nitrogens with zero attached hydrogens (tertiary/aromatic N) is 3. The normalized spacial score (nSPS) is 11.5. The third-order valence-electron chi connectivity index (χ3n) is 6.33. The molecule has 1 N–H and O–H groups in total. The second kappa shape index (κ2) is 9.95. The van der Waals surface area contributed by atoms with Gasteiger partial charge in [0.05, 0.1) is 6.21 Å². The van der Waals surface area contributed by atoms with Gasteiger partial charge in [0.25, 0.3) is 5.91 Å². The maximum Gasteiger partial charge on any atom is 0.277 e. The van der Waals surface area contributed by atoms with E-state index in [9.17, 15) is 4.79 Å². The molecule has 0 aliphatic carbocycles. The molecule has 2 heterocycles. The van der Waals surface area contributed by atoms with Crippen molar-refractivity contribution in [2.45, 2.75) is 6.54 Å². The molecular formula is C31H24N4O2. The van der Waals surface area contributed by atoms with Gasteiger partial charge in [-0.2, -0.15) is 5.10 Å². The first-order chi connectivity index (χ1) is 18.2. The van der Waals surface area contributed by atoms with Crippen molar-refractivity contribution < 1.29 is 9.53 Å². The summed E-state index contributed by atoms with van der Waals surface area (Å²) in [5, 5.41) is 8.67. The lowest BCUT2D eigenvalue weighted by Crippen LogP contribution is -2.24. The number of benzene rings is 4. The third kappa shape index (κ3) is 4.77. The average Bonchev–Trinajstić information content (AvgIpc) is 3.29. The molecule has 0 aliphatic heterocycles. The Kier molecular flexibility index (Phi) is 6.05. The number of hydrogen-bond acceptors (Lipinski definition) is 4. The van der Waals surface area contributed by atoms with Gasteiger partial charge in [-0.05, 0) is 40.6 Å². The highest BCUT2D eigenvalue weighted by Gasteiger charge is 2.09. The van der Waals surface area contributed by atoms with Crippen LogP contribution in [0.2, 0.25) is 0 Å². The van der Waals surface area contributed by atoms with Crippen molar-refractivity contribution >= 4 is 44.7 Å². The molecule has 0 unspecified atom stereocenters. The summed E-state index contributed by atoms with van der Waals surface area (Å²) < 4.78 is 7.91. The largest absolute Gasteiger partial charge is 0.481 e. The average molecular weight is 485 g/mol. The molecule has 6 nitrogen and oxygen atoms in total. The molecule has 37 heavy (non-hydrogen) atoms. The van der Waals surface area contributed by atoms with Crippen LogP contribution >= 0.6 is 0 Å². The van der Waals surface area contributed by atoms with Gasteiger partial charge in [0, 0.05) is 40.8 Å². The van der Waals surface area contributed by atoms with Crippen LogP contribution < -0.4 is 10.2 Å². The molecule has 6 aromatic rings. The number of rotatable bonds is 7. The Morgan fingerprint density at radius 1 is 0.892 bits per heavy atom. The summed E-state index contributed by atoms with van der Waals surface area (Å²) in [6.07, 6.45) is 5.44. The van der Waals surface area contributed by atoms with Crippen LogP contribution in [0.5, 0.6) is 5.75 Å². The Morgan fingerprint density at radius 3 is 2.65 bits per heavy atom. The zero-order valence-electron chi connectivity index (χ0n) is 20.0. The number of para-hydroxylation sites is 2. The summed E-state index contributed by atoms with van der Waals surface area (Å²) in [5.41, 5.74) is 6.54. The minimum absolute atomic E-state index is 0.156. The highest BCUT2D eigenvalue weighted by molar-refractivity contribution is 5.99. The highest BCUT2D eigenvalue weighted by Crippen LogP contribution is 2.24. The molecule has 0 atom stereocenters. The fourth-order valence-corrected chi connectivity index (χ4v) is 4.58. The Labute approximate surface area is 213 Å². The van der Waals surface area contributed by atoms with Crippen molar-refractivity contribution in [2.75, 3.05) is 6.61 Å². The molecule has 1 amide bonds. The first-order valence-electron chi connectivity index (χ1n) is 12.1. The topological polar surface area (TPSA) is 68.5 Å². The maximum atomic E-state index is 12.4. The number of carbonyl (C=O) groups is 1. The number of amides is 1. The number of carbonyl (C=O) groups excluding carboxylic acids is 1. The van der Waals surface area contributed by atoms with Crippen LogP contribution in [0.15, 0.2) is 115 Å². The quantitative estimate of drug-likeness (QED) is 0.226. The number of hydrogen-bond donors (Lipinski definition) is 1. The van der Waals surface area contributed by atoms with Crippen LogP contribution in [0.4, 0.5) is 0 Å². The molecule has 0 fully saturated rings. The lowest BCUT2D eigenvalue weighted by Gasteiger charge is -2.07. The molecule has 0 radical (unpaired) electrons. The van der Waals surface area contributed by atoms with E-state index in [0.717, 1.165) is 33.9 Å².